The van der Waals surface area contributed by atoms with E-state index < -0.39 is 0 Å². The maximum absolute atomic E-state index is 11.4. The Morgan fingerprint density at radius 2 is 2.12 bits per heavy atom. The SMILES string of the molecule is NC(=NCCOc1ccc2c(c1)CCC(=O)N2)NC1CCCCC1. The van der Waals surface area contributed by atoms with Gasteiger partial charge in [0.15, 0.2) is 5.96 Å². The van der Waals surface area contributed by atoms with Gasteiger partial charge < -0.3 is 21.1 Å². The topological polar surface area (TPSA) is 88.7 Å². The Kier molecular flexibility index (Phi) is 5.56. The van der Waals surface area contributed by atoms with E-state index in [0.29, 0.717) is 31.6 Å². The number of anilines is 1. The van der Waals surface area contributed by atoms with Gasteiger partial charge in [-0.25, -0.2) is 4.99 Å². The second kappa shape index (κ2) is 8.04. The number of nitrogens with two attached hydrogens (primary N) is 1. The van der Waals surface area contributed by atoms with Crippen molar-refractivity contribution in [1.82, 2.24) is 5.32 Å². The van der Waals surface area contributed by atoms with Gasteiger partial charge in [0, 0.05) is 18.2 Å². The number of ether oxygens (including phenoxy) is 1. The van der Waals surface area contributed by atoms with Crippen molar-refractivity contribution in [2.24, 2.45) is 10.7 Å². The van der Waals surface area contributed by atoms with Crippen molar-refractivity contribution in [2.75, 3.05) is 18.5 Å². The number of nitrogens with zero attached hydrogens (tertiary/aromatic N) is 1. The summed E-state index contributed by atoms with van der Waals surface area (Å²) in [5, 5.41) is 6.16. The molecule has 4 N–H and O–H groups in total. The third-order valence-corrected chi connectivity index (χ3v) is 4.57. The molecule has 1 saturated carbocycles. The molecular weight excluding hydrogens is 304 g/mol. The molecule has 0 bridgehead atoms. The van der Waals surface area contributed by atoms with Gasteiger partial charge in [-0.05, 0) is 43.0 Å². The summed E-state index contributed by atoms with van der Waals surface area (Å²) in [4.78, 5) is 15.7. The molecule has 1 fully saturated rings. The number of hydrogen-bond donors (Lipinski definition) is 3. The Bertz CT molecular complexity index is 609. The van der Waals surface area contributed by atoms with Crippen LogP contribution in [0.5, 0.6) is 5.75 Å². The molecule has 6 nitrogen and oxygen atoms in total. The van der Waals surface area contributed by atoms with E-state index in [4.69, 9.17) is 10.5 Å². The highest BCUT2D eigenvalue weighted by molar-refractivity contribution is 5.94. The van der Waals surface area contributed by atoms with Gasteiger partial charge in [0.2, 0.25) is 5.91 Å². The summed E-state index contributed by atoms with van der Waals surface area (Å²) in [6.45, 7) is 1.01. The minimum absolute atomic E-state index is 0.0754. The van der Waals surface area contributed by atoms with Crippen molar-refractivity contribution < 1.29 is 9.53 Å². The van der Waals surface area contributed by atoms with E-state index in [1.807, 2.05) is 18.2 Å². The third kappa shape index (κ3) is 4.63. The van der Waals surface area contributed by atoms with Crippen molar-refractivity contribution in [3.63, 3.8) is 0 Å². The van der Waals surface area contributed by atoms with Gasteiger partial charge in [-0.15, -0.1) is 0 Å². The molecule has 0 unspecified atom stereocenters. The van der Waals surface area contributed by atoms with Gasteiger partial charge in [-0.3, -0.25) is 4.79 Å². The zero-order valence-electron chi connectivity index (χ0n) is 14.0. The Labute approximate surface area is 142 Å². The molecule has 0 saturated heterocycles. The number of hydrogen-bond acceptors (Lipinski definition) is 3. The predicted molar refractivity (Wildman–Crippen MR) is 95.4 cm³/mol. The second-order valence-corrected chi connectivity index (χ2v) is 6.46. The minimum Gasteiger partial charge on any atom is -0.492 e. The van der Waals surface area contributed by atoms with Gasteiger partial charge in [0.1, 0.15) is 12.4 Å². The smallest absolute Gasteiger partial charge is 0.224 e. The number of benzene rings is 1. The fraction of sp³-hybridized carbons (Fsp3) is 0.556. The Balaban J connectivity index is 1.42. The van der Waals surface area contributed by atoms with Gasteiger partial charge in [-0.1, -0.05) is 19.3 Å². The molecule has 1 amide bonds. The first kappa shape index (κ1) is 16.6. The van der Waals surface area contributed by atoms with Crippen LogP contribution in [0.4, 0.5) is 5.69 Å². The maximum Gasteiger partial charge on any atom is 0.224 e. The highest BCUT2D eigenvalue weighted by Gasteiger charge is 2.15. The van der Waals surface area contributed by atoms with Crippen molar-refractivity contribution in [3.8, 4) is 5.75 Å². The maximum atomic E-state index is 11.4. The summed E-state index contributed by atoms with van der Waals surface area (Å²) in [7, 11) is 0. The van der Waals surface area contributed by atoms with Crippen molar-refractivity contribution in [2.45, 2.75) is 51.0 Å². The van der Waals surface area contributed by atoms with Crippen LogP contribution in [0.1, 0.15) is 44.1 Å². The lowest BCUT2D eigenvalue weighted by atomic mass is 9.96. The molecule has 2 aliphatic rings. The Morgan fingerprint density at radius 1 is 1.29 bits per heavy atom. The summed E-state index contributed by atoms with van der Waals surface area (Å²) in [5.74, 6) is 1.39. The number of amides is 1. The standard InChI is InChI=1S/C18H26N4O2/c19-18(21-14-4-2-1-3-5-14)20-10-11-24-15-7-8-16-13(12-15)6-9-17(23)22-16/h7-8,12,14H,1-6,9-11H2,(H,22,23)(H3,19,20,21). The number of guanidine groups is 1. The largest absolute Gasteiger partial charge is 0.492 e. The molecular formula is C18H26N4O2. The molecule has 24 heavy (non-hydrogen) atoms. The van der Waals surface area contributed by atoms with Crippen LogP contribution < -0.4 is 21.1 Å². The van der Waals surface area contributed by atoms with E-state index in [-0.39, 0.29) is 5.91 Å². The molecule has 1 heterocycles. The molecule has 1 aliphatic heterocycles. The summed E-state index contributed by atoms with van der Waals surface area (Å²) in [6.07, 6.45) is 7.52. The number of aryl methyl sites for hydroxylation is 1. The molecule has 0 aromatic heterocycles. The van der Waals surface area contributed by atoms with Crippen molar-refractivity contribution in [1.29, 1.82) is 0 Å². The van der Waals surface area contributed by atoms with Crippen LogP contribution in [0.25, 0.3) is 0 Å². The normalized spacial score (nSPS) is 18.7. The van der Waals surface area contributed by atoms with Gasteiger partial charge in [-0.2, -0.15) is 0 Å². The zero-order valence-corrected chi connectivity index (χ0v) is 14.0. The molecule has 130 valence electrons. The number of fused-ring (bicyclic) bond motifs is 1. The van der Waals surface area contributed by atoms with E-state index in [9.17, 15) is 4.79 Å². The molecule has 1 aromatic carbocycles. The van der Waals surface area contributed by atoms with Crippen LogP contribution >= 0.6 is 0 Å². The Morgan fingerprint density at radius 3 is 2.96 bits per heavy atom. The molecule has 3 rings (SSSR count). The molecule has 6 heteroatoms. The van der Waals surface area contributed by atoms with Crippen LogP contribution in [0.15, 0.2) is 23.2 Å². The van der Waals surface area contributed by atoms with E-state index in [2.05, 4.69) is 15.6 Å². The van der Waals surface area contributed by atoms with Gasteiger partial charge in [0.25, 0.3) is 0 Å². The minimum atomic E-state index is 0.0754. The van der Waals surface area contributed by atoms with Gasteiger partial charge >= 0.3 is 0 Å². The number of nitrogens with one attached hydrogen (secondary N) is 2. The van der Waals surface area contributed by atoms with Crippen LogP contribution in [-0.4, -0.2) is 31.1 Å². The number of rotatable bonds is 5. The number of carbonyl (C=O) groups is 1. The van der Waals surface area contributed by atoms with Crippen molar-refractivity contribution >= 4 is 17.6 Å². The molecule has 1 aliphatic carbocycles. The van der Waals surface area contributed by atoms with Crippen LogP contribution in [0.2, 0.25) is 0 Å². The fourth-order valence-corrected chi connectivity index (χ4v) is 3.28. The van der Waals surface area contributed by atoms with E-state index in [1.165, 1.54) is 32.1 Å². The van der Waals surface area contributed by atoms with Crippen molar-refractivity contribution in [3.05, 3.63) is 23.8 Å². The fourth-order valence-electron chi connectivity index (χ4n) is 3.28. The van der Waals surface area contributed by atoms with Crippen LogP contribution in [0.3, 0.4) is 0 Å². The molecule has 1 aromatic rings. The van der Waals surface area contributed by atoms with E-state index in [1.54, 1.807) is 0 Å². The summed E-state index contributed by atoms with van der Waals surface area (Å²) >= 11 is 0. The number of aliphatic imine (C=N–C) groups is 1. The highest BCUT2D eigenvalue weighted by atomic mass is 16.5. The predicted octanol–water partition coefficient (Wildman–Crippen LogP) is 2.19. The first-order valence-corrected chi connectivity index (χ1v) is 8.83. The van der Waals surface area contributed by atoms with Gasteiger partial charge in [0.05, 0.1) is 6.54 Å². The van der Waals surface area contributed by atoms with E-state index in [0.717, 1.165) is 23.4 Å². The van der Waals surface area contributed by atoms with E-state index >= 15 is 0 Å². The summed E-state index contributed by atoms with van der Waals surface area (Å²) in [6, 6.07) is 6.23. The average molecular weight is 330 g/mol. The average Bonchev–Trinajstić information content (AvgIpc) is 2.59. The first-order valence-electron chi connectivity index (χ1n) is 8.83. The number of carbonyl (C=O) groups excluding carboxylic acids is 1. The lowest BCUT2D eigenvalue weighted by molar-refractivity contribution is -0.116. The lowest BCUT2D eigenvalue weighted by Gasteiger charge is -2.23. The third-order valence-electron chi connectivity index (χ3n) is 4.57. The zero-order chi connectivity index (χ0) is 16.8. The van der Waals surface area contributed by atoms with Crippen LogP contribution in [-0.2, 0) is 11.2 Å². The summed E-state index contributed by atoms with van der Waals surface area (Å²) in [5.41, 5.74) is 7.94. The molecule has 0 radical (unpaired) electrons. The molecule has 0 atom stereocenters. The lowest BCUT2D eigenvalue weighted by Crippen LogP contribution is -2.41. The molecule has 0 spiro atoms. The second-order valence-electron chi connectivity index (χ2n) is 6.46. The highest BCUT2D eigenvalue weighted by Crippen LogP contribution is 2.26. The quantitative estimate of drug-likeness (QED) is 0.439. The van der Waals surface area contributed by atoms with Crippen LogP contribution in [0, 0.1) is 0 Å². The Hall–Kier alpha value is -2.24. The first-order chi connectivity index (χ1) is 11.7. The monoisotopic (exact) mass is 330 g/mol. The summed E-state index contributed by atoms with van der Waals surface area (Å²) < 4.78 is 5.74.